The van der Waals surface area contributed by atoms with E-state index < -0.39 is 5.41 Å². The number of carbonyl (C=O) groups is 2. The fourth-order valence-electron chi connectivity index (χ4n) is 3.15. The van der Waals surface area contributed by atoms with E-state index in [0.717, 1.165) is 35.3 Å². The van der Waals surface area contributed by atoms with Gasteiger partial charge < -0.3 is 10.2 Å². The molecule has 1 aliphatic heterocycles. The van der Waals surface area contributed by atoms with E-state index in [2.05, 4.69) is 10.3 Å². The van der Waals surface area contributed by atoms with Gasteiger partial charge in [-0.05, 0) is 44.4 Å². The molecule has 0 radical (unpaired) electrons. The lowest BCUT2D eigenvalue weighted by Gasteiger charge is -2.16. The third kappa shape index (κ3) is 2.33. The highest BCUT2D eigenvalue weighted by Crippen LogP contribution is 2.42. The van der Waals surface area contributed by atoms with Crippen LogP contribution in [0.5, 0.6) is 0 Å². The lowest BCUT2D eigenvalue weighted by Crippen LogP contribution is -2.33. The Morgan fingerprint density at radius 2 is 2.12 bits per heavy atom. The van der Waals surface area contributed by atoms with Crippen molar-refractivity contribution in [2.24, 2.45) is 5.92 Å². The maximum atomic E-state index is 12.4. The summed E-state index contributed by atoms with van der Waals surface area (Å²) in [6.45, 7) is 3.90. The molecule has 0 spiro atoms. The van der Waals surface area contributed by atoms with Crippen molar-refractivity contribution in [1.29, 1.82) is 0 Å². The number of hydrogen-bond donors (Lipinski definition) is 1. The summed E-state index contributed by atoms with van der Waals surface area (Å²) in [6.07, 6.45) is 1.96. The minimum absolute atomic E-state index is 0.0678. The Kier molecular flexibility index (Phi) is 3.28. The third-order valence-corrected chi connectivity index (χ3v) is 5.61. The maximum absolute atomic E-state index is 12.4. The van der Waals surface area contributed by atoms with Gasteiger partial charge in [-0.25, -0.2) is 4.98 Å². The second-order valence-electron chi connectivity index (χ2n) is 7.02. The molecule has 124 valence electrons. The summed E-state index contributed by atoms with van der Waals surface area (Å²) in [6, 6.07) is 5.99. The summed E-state index contributed by atoms with van der Waals surface area (Å²) in [5.41, 5.74) is 3.23. The molecule has 2 heterocycles. The topological polar surface area (TPSA) is 62.3 Å². The SMILES string of the molecule is CN1C(=O)C(C)(C)c2cc(-c3csc(NC(=O)C4CC4)n3)ccc21. The molecule has 1 aliphatic carbocycles. The smallest absolute Gasteiger partial charge is 0.236 e. The Bertz CT molecular complexity index is 852. The Labute approximate surface area is 144 Å². The number of amides is 2. The van der Waals surface area contributed by atoms with Gasteiger partial charge in [0.05, 0.1) is 11.1 Å². The van der Waals surface area contributed by atoms with Crippen LogP contribution in [-0.4, -0.2) is 23.8 Å². The molecule has 1 saturated carbocycles. The lowest BCUT2D eigenvalue weighted by atomic mass is 9.85. The van der Waals surface area contributed by atoms with Gasteiger partial charge in [-0.1, -0.05) is 6.07 Å². The van der Waals surface area contributed by atoms with E-state index in [-0.39, 0.29) is 17.7 Å². The number of nitrogens with one attached hydrogen (secondary N) is 1. The average molecular weight is 341 g/mol. The molecule has 0 unspecified atom stereocenters. The van der Waals surface area contributed by atoms with Crippen molar-refractivity contribution < 1.29 is 9.59 Å². The monoisotopic (exact) mass is 341 g/mol. The van der Waals surface area contributed by atoms with Gasteiger partial charge in [-0.2, -0.15) is 0 Å². The second-order valence-corrected chi connectivity index (χ2v) is 7.88. The summed E-state index contributed by atoms with van der Waals surface area (Å²) >= 11 is 1.43. The van der Waals surface area contributed by atoms with E-state index in [9.17, 15) is 9.59 Å². The number of nitrogens with zero attached hydrogens (tertiary/aromatic N) is 2. The van der Waals surface area contributed by atoms with Gasteiger partial charge in [0, 0.05) is 29.6 Å². The summed E-state index contributed by atoms with van der Waals surface area (Å²) in [5, 5.41) is 5.46. The van der Waals surface area contributed by atoms with Crippen molar-refractivity contribution in [3.8, 4) is 11.3 Å². The molecular weight excluding hydrogens is 322 g/mol. The summed E-state index contributed by atoms with van der Waals surface area (Å²) < 4.78 is 0. The number of benzene rings is 1. The molecule has 1 aromatic carbocycles. The van der Waals surface area contributed by atoms with Crippen molar-refractivity contribution in [2.75, 3.05) is 17.3 Å². The molecule has 1 aromatic heterocycles. The minimum Gasteiger partial charge on any atom is -0.314 e. The Morgan fingerprint density at radius 3 is 2.83 bits per heavy atom. The molecule has 5 nitrogen and oxygen atoms in total. The standard InChI is InChI=1S/C18H19N3O2S/c1-18(2)12-8-11(6-7-14(12)21(3)16(18)23)13-9-24-17(19-13)20-15(22)10-4-5-10/h6-10H,4-5H2,1-3H3,(H,19,20,22). The third-order valence-electron chi connectivity index (χ3n) is 4.85. The highest BCUT2D eigenvalue weighted by molar-refractivity contribution is 7.14. The van der Waals surface area contributed by atoms with E-state index in [1.54, 1.807) is 4.90 Å². The van der Waals surface area contributed by atoms with Gasteiger partial charge in [-0.15, -0.1) is 11.3 Å². The number of anilines is 2. The largest absolute Gasteiger partial charge is 0.314 e. The van der Waals surface area contributed by atoms with E-state index >= 15 is 0 Å². The predicted octanol–water partition coefficient (Wildman–Crippen LogP) is 3.41. The Balaban J connectivity index is 1.64. The van der Waals surface area contributed by atoms with Crippen LogP contribution in [0.25, 0.3) is 11.3 Å². The normalized spacial score (nSPS) is 18.6. The maximum Gasteiger partial charge on any atom is 0.236 e. The van der Waals surface area contributed by atoms with Gasteiger partial charge >= 0.3 is 0 Å². The molecule has 2 aromatic rings. The zero-order chi connectivity index (χ0) is 17.1. The van der Waals surface area contributed by atoms with Crippen LogP contribution in [0.1, 0.15) is 32.3 Å². The number of aromatic nitrogens is 1. The van der Waals surface area contributed by atoms with E-state index in [1.807, 2.05) is 44.5 Å². The van der Waals surface area contributed by atoms with Crippen LogP contribution in [0.15, 0.2) is 23.6 Å². The molecule has 6 heteroatoms. The van der Waals surface area contributed by atoms with Crippen LogP contribution in [0.3, 0.4) is 0 Å². The van der Waals surface area contributed by atoms with Gasteiger partial charge in [0.1, 0.15) is 0 Å². The summed E-state index contributed by atoms with van der Waals surface area (Å²) in [5.74, 6) is 0.336. The fraction of sp³-hybridized carbons (Fsp3) is 0.389. The Morgan fingerprint density at radius 1 is 1.38 bits per heavy atom. The number of rotatable bonds is 3. The average Bonchev–Trinajstić information content (AvgIpc) is 3.29. The molecule has 4 rings (SSSR count). The summed E-state index contributed by atoms with van der Waals surface area (Å²) in [4.78, 5) is 30.5. The van der Waals surface area contributed by atoms with Crippen molar-refractivity contribution in [3.63, 3.8) is 0 Å². The molecule has 0 atom stereocenters. The highest BCUT2D eigenvalue weighted by Gasteiger charge is 2.42. The van der Waals surface area contributed by atoms with Crippen LogP contribution in [0.4, 0.5) is 10.8 Å². The van der Waals surface area contributed by atoms with Crippen molar-refractivity contribution in [3.05, 3.63) is 29.1 Å². The number of thiazole rings is 1. The molecule has 1 N–H and O–H groups in total. The zero-order valence-electron chi connectivity index (χ0n) is 13.9. The first-order valence-electron chi connectivity index (χ1n) is 8.07. The molecule has 2 amide bonds. The Hall–Kier alpha value is -2.21. The highest BCUT2D eigenvalue weighted by atomic mass is 32.1. The van der Waals surface area contributed by atoms with Crippen LogP contribution in [0, 0.1) is 5.92 Å². The molecule has 2 aliphatic rings. The van der Waals surface area contributed by atoms with E-state index in [0.29, 0.717) is 5.13 Å². The molecule has 1 fully saturated rings. The summed E-state index contributed by atoms with van der Waals surface area (Å²) in [7, 11) is 1.81. The first-order valence-corrected chi connectivity index (χ1v) is 8.95. The molecular formula is C18H19N3O2S. The van der Waals surface area contributed by atoms with Crippen LogP contribution < -0.4 is 10.2 Å². The van der Waals surface area contributed by atoms with Crippen LogP contribution >= 0.6 is 11.3 Å². The number of carbonyl (C=O) groups excluding carboxylic acids is 2. The van der Waals surface area contributed by atoms with Crippen molar-refractivity contribution >= 4 is 34.0 Å². The quantitative estimate of drug-likeness (QED) is 0.930. The van der Waals surface area contributed by atoms with Crippen molar-refractivity contribution in [2.45, 2.75) is 32.1 Å². The predicted molar refractivity (Wildman–Crippen MR) is 95.3 cm³/mol. The first-order chi connectivity index (χ1) is 11.4. The van der Waals surface area contributed by atoms with Gasteiger partial charge in [0.15, 0.2) is 5.13 Å². The van der Waals surface area contributed by atoms with Crippen LogP contribution in [-0.2, 0) is 15.0 Å². The molecule has 24 heavy (non-hydrogen) atoms. The number of fused-ring (bicyclic) bond motifs is 1. The van der Waals surface area contributed by atoms with E-state index in [4.69, 9.17) is 0 Å². The van der Waals surface area contributed by atoms with E-state index in [1.165, 1.54) is 11.3 Å². The van der Waals surface area contributed by atoms with Crippen LogP contribution in [0.2, 0.25) is 0 Å². The zero-order valence-corrected chi connectivity index (χ0v) is 14.7. The second kappa shape index (κ2) is 5.14. The minimum atomic E-state index is -0.529. The van der Waals surface area contributed by atoms with Gasteiger partial charge in [0.2, 0.25) is 11.8 Å². The molecule has 0 saturated heterocycles. The number of hydrogen-bond acceptors (Lipinski definition) is 4. The van der Waals surface area contributed by atoms with Gasteiger partial charge in [0.25, 0.3) is 0 Å². The number of likely N-dealkylation sites (N-methyl/N-ethyl adjacent to an activating group) is 1. The molecule has 0 bridgehead atoms. The first kappa shape index (κ1) is 15.3. The lowest BCUT2D eigenvalue weighted by molar-refractivity contribution is -0.121. The fourth-order valence-corrected chi connectivity index (χ4v) is 3.87. The van der Waals surface area contributed by atoms with Crippen molar-refractivity contribution in [1.82, 2.24) is 4.98 Å². The van der Waals surface area contributed by atoms with Gasteiger partial charge in [-0.3, -0.25) is 9.59 Å².